The van der Waals surface area contributed by atoms with E-state index in [9.17, 15) is 0 Å². The summed E-state index contributed by atoms with van der Waals surface area (Å²) in [4.78, 5) is 7.80. The number of H-pyrrole nitrogens is 1. The number of nitrogens with zero attached hydrogens (tertiary/aromatic N) is 1. The van der Waals surface area contributed by atoms with Crippen molar-refractivity contribution in [2.75, 3.05) is 10.6 Å². The van der Waals surface area contributed by atoms with E-state index in [1.807, 2.05) is 30.3 Å². The molecule has 0 aliphatic rings. The molecule has 0 bridgehead atoms. The second kappa shape index (κ2) is 9.67. The molecule has 0 radical (unpaired) electrons. The van der Waals surface area contributed by atoms with Crippen LogP contribution in [0.1, 0.15) is 24.5 Å². The molecule has 4 nitrogen and oxygen atoms in total. The molecule has 0 spiro atoms. The van der Waals surface area contributed by atoms with Crippen molar-refractivity contribution in [1.82, 2.24) is 9.97 Å². The third-order valence-electron chi connectivity index (χ3n) is 4.34. The highest BCUT2D eigenvalue weighted by Crippen LogP contribution is 2.20. The summed E-state index contributed by atoms with van der Waals surface area (Å²) in [6, 6.07) is 18.5. The largest absolute Gasteiger partial charge is 0.352 e. The number of benzene rings is 2. The normalized spacial score (nSPS) is 11.1. The van der Waals surface area contributed by atoms with Gasteiger partial charge in [-0.3, -0.25) is 0 Å². The van der Waals surface area contributed by atoms with Crippen LogP contribution in [0.4, 0.5) is 11.6 Å². The van der Waals surface area contributed by atoms with Crippen LogP contribution in [0.25, 0.3) is 5.57 Å². The van der Waals surface area contributed by atoms with E-state index >= 15 is 0 Å². The molecule has 2 aromatic carbocycles. The highest BCUT2D eigenvalue weighted by molar-refractivity contribution is 7.81. The lowest BCUT2D eigenvalue weighted by atomic mass is 10.0. The topological polar surface area (TPSA) is 52.7 Å². The molecule has 5 heteroatoms. The van der Waals surface area contributed by atoms with E-state index in [0.717, 1.165) is 29.2 Å². The Morgan fingerprint density at radius 1 is 1.14 bits per heavy atom. The van der Waals surface area contributed by atoms with Gasteiger partial charge >= 0.3 is 0 Å². The van der Waals surface area contributed by atoms with E-state index in [4.69, 9.17) is 12.2 Å². The number of hydrogen-bond donors (Lipinski definition) is 3. The standard InChI is InChI=1S/C23H24N4S/c1-3-19(20-7-5-4-6-8-20)15-17(2)22(28)27-21-11-9-18(10-12-21)16-26-23-24-13-14-25-23/h4-15H,2-3,16H2,1H3,(H,27,28)(H2,24,25,26)/b19-15+. The van der Waals surface area contributed by atoms with Gasteiger partial charge in [-0.1, -0.05) is 68.2 Å². The number of nitrogens with one attached hydrogen (secondary N) is 3. The van der Waals surface area contributed by atoms with E-state index in [1.165, 1.54) is 11.1 Å². The monoisotopic (exact) mass is 388 g/mol. The predicted octanol–water partition coefficient (Wildman–Crippen LogP) is 5.81. The Bertz CT molecular complexity index is 942. The molecule has 0 saturated carbocycles. The minimum absolute atomic E-state index is 0.628. The van der Waals surface area contributed by atoms with Gasteiger partial charge in [0, 0.05) is 30.2 Å². The molecule has 0 aliphatic heterocycles. The first kappa shape index (κ1) is 19.6. The molecular formula is C23H24N4S. The molecule has 1 heterocycles. The Morgan fingerprint density at radius 3 is 2.54 bits per heavy atom. The van der Waals surface area contributed by atoms with Crippen LogP contribution in [0.2, 0.25) is 0 Å². The molecule has 0 aliphatic carbocycles. The first-order valence-corrected chi connectivity index (χ1v) is 9.65. The van der Waals surface area contributed by atoms with Gasteiger partial charge in [-0.15, -0.1) is 0 Å². The molecule has 0 saturated heterocycles. The zero-order valence-corrected chi connectivity index (χ0v) is 16.7. The van der Waals surface area contributed by atoms with Crippen molar-refractivity contribution in [2.24, 2.45) is 0 Å². The van der Waals surface area contributed by atoms with Crippen molar-refractivity contribution in [3.8, 4) is 0 Å². The summed E-state index contributed by atoms with van der Waals surface area (Å²) in [5.41, 5.74) is 5.32. The Labute approximate surface area is 171 Å². The minimum Gasteiger partial charge on any atom is -0.352 e. The number of allylic oxidation sites excluding steroid dienone is 1. The van der Waals surface area contributed by atoms with E-state index in [0.29, 0.717) is 11.5 Å². The maximum atomic E-state index is 5.53. The highest BCUT2D eigenvalue weighted by atomic mass is 32.1. The van der Waals surface area contributed by atoms with Crippen molar-refractivity contribution in [1.29, 1.82) is 0 Å². The third kappa shape index (κ3) is 5.41. The average Bonchev–Trinajstić information content (AvgIpc) is 3.25. The zero-order valence-electron chi connectivity index (χ0n) is 15.9. The van der Waals surface area contributed by atoms with Crippen molar-refractivity contribution < 1.29 is 0 Å². The second-order valence-corrected chi connectivity index (χ2v) is 6.77. The van der Waals surface area contributed by atoms with E-state index in [1.54, 1.807) is 12.4 Å². The minimum atomic E-state index is 0.628. The fourth-order valence-electron chi connectivity index (χ4n) is 2.78. The van der Waals surface area contributed by atoms with Crippen LogP contribution in [0.5, 0.6) is 0 Å². The Balaban J connectivity index is 1.59. The predicted molar refractivity (Wildman–Crippen MR) is 122 cm³/mol. The van der Waals surface area contributed by atoms with Gasteiger partial charge in [-0.25, -0.2) is 4.98 Å². The van der Waals surface area contributed by atoms with Crippen LogP contribution in [0, 0.1) is 0 Å². The fourth-order valence-corrected chi connectivity index (χ4v) is 2.96. The van der Waals surface area contributed by atoms with Gasteiger partial charge < -0.3 is 15.6 Å². The average molecular weight is 389 g/mol. The number of anilines is 2. The molecular weight excluding hydrogens is 364 g/mol. The summed E-state index contributed by atoms with van der Waals surface area (Å²) in [7, 11) is 0. The first-order chi connectivity index (χ1) is 13.7. The summed E-state index contributed by atoms with van der Waals surface area (Å²) < 4.78 is 0. The molecule has 0 unspecified atom stereocenters. The SMILES string of the molecule is C=C(/C=C(\CC)c1ccccc1)C(=S)Nc1ccc(CNc2ncc[nH]2)cc1. The van der Waals surface area contributed by atoms with E-state index < -0.39 is 0 Å². The number of aromatic amines is 1. The quantitative estimate of drug-likeness (QED) is 0.259. The lowest BCUT2D eigenvalue weighted by molar-refractivity contribution is 1.09. The van der Waals surface area contributed by atoms with Gasteiger partial charge in [0.1, 0.15) is 4.99 Å². The maximum Gasteiger partial charge on any atom is 0.200 e. The van der Waals surface area contributed by atoms with Gasteiger partial charge in [0.15, 0.2) is 5.95 Å². The van der Waals surface area contributed by atoms with E-state index in [-0.39, 0.29) is 0 Å². The van der Waals surface area contributed by atoms with Gasteiger partial charge in [0.25, 0.3) is 0 Å². The summed E-state index contributed by atoms with van der Waals surface area (Å²) in [6.07, 6.45) is 6.49. The van der Waals surface area contributed by atoms with Gasteiger partial charge in [-0.2, -0.15) is 0 Å². The van der Waals surface area contributed by atoms with Crippen LogP contribution < -0.4 is 10.6 Å². The first-order valence-electron chi connectivity index (χ1n) is 9.24. The molecule has 0 amide bonds. The zero-order chi connectivity index (χ0) is 19.8. The van der Waals surface area contributed by atoms with Crippen LogP contribution in [-0.2, 0) is 6.54 Å². The fraction of sp³-hybridized carbons (Fsp3) is 0.130. The third-order valence-corrected chi connectivity index (χ3v) is 4.70. The lowest BCUT2D eigenvalue weighted by Crippen LogP contribution is -2.10. The number of rotatable bonds is 8. The lowest BCUT2D eigenvalue weighted by Gasteiger charge is -2.11. The summed E-state index contributed by atoms with van der Waals surface area (Å²) >= 11 is 5.53. The van der Waals surface area contributed by atoms with Crippen LogP contribution >= 0.6 is 12.2 Å². The van der Waals surface area contributed by atoms with Gasteiger partial charge in [0.2, 0.25) is 0 Å². The molecule has 0 atom stereocenters. The Kier molecular flexibility index (Phi) is 6.76. The van der Waals surface area contributed by atoms with Crippen molar-refractivity contribution in [2.45, 2.75) is 19.9 Å². The molecule has 3 aromatic rings. The number of aromatic nitrogens is 2. The van der Waals surface area contributed by atoms with Crippen molar-refractivity contribution in [3.05, 3.63) is 96.3 Å². The number of hydrogen-bond acceptors (Lipinski definition) is 3. The maximum absolute atomic E-state index is 5.53. The summed E-state index contributed by atoms with van der Waals surface area (Å²) in [5.74, 6) is 0.761. The van der Waals surface area contributed by atoms with Crippen LogP contribution in [-0.4, -0.2) is 15.0 Å². The Morgan fingerprint density at radius 2 is 1.89 bits per heavy atom. The molecule has 0 fully saturated rings. The molecule has 3 N–H and O–H groups in total. The number of imidazole rings is 1. The molecule has 1 aromatic heterocycles. The van der Waals surface area contributed by atoms with Crippen LogP contribution in [0.15, 0.2) is 85.2 Å². The second-order valence-electron chi connectivity index (χ2n) is 6.36. The summed E-state index contributed by atoms with van der Waals surface area (Å²) in [5, 5.41) is 6.50. The van der Waals surface area contributed by atoms with Gasteiger partial charge in [0.05, 0.1) is 0 Å². The highest BCUT2D eigenvalue weighted by Gasteiger charge is 2.05. The van der Waals surface area contributed by atoms with E-state index in [2.05, 4.69) is 64.4 Å². The molecule has 142 valence electrons. The molecule has 3 rings (SSSR count). The smallest absolute Gasteiger partial charge is 0.200 e. The number of thiocarbonyl (C=S) groups is 1. The van der Waals surface area contributed by atoms with Gasteiger partial charge in [-0.05, 0) is 41.3 Å². The van der Waals surface area contributed by atoms with Crippen molar-refractivity contribution >= 4 is 34.4 Å². The van der Waals surface area contributed by atoms with Crippen molar-refractivity contribution in [3.63, 3.8) is 0 Å². The summed E-state index contributed by atoms with van der Waals surface area (Å²) in [6.45, 7) is 6.98. The molecule has 28 heavy (non-hydrogen) atoms. The van der Waals surface area contributed by atoms with Crippen LogP contribution in [0.3, 0.4) is 0 Å². The Hall–Kier alpha value is -3.18.